The number of thiazole rings is 1. The van der Waals surface area contributed by atoms with E-state index in [0.717, 1.165) is 15.8 Å². The zero-order chi connectivity index (χ0) is 14.4. The number of fused-ring (bicyclic) bond motifs is 1. The number of aromatic nitrogens is 1. The molecule has 0 aliphatic rings. The van der Waals surface area contributed by atoms with Crippen molar-refractivity contribution in [2.45, 2.75) is 20.8 Å². The smallest absolute Gasteiger partial charge is 0.181 e. The van der Waals surface area contributed by atoms with Crippen molar-refractivity contribution in [2.24, 2.45) is 0 Å². The van der Waals surface area contributed by atoms with Crippen LogP contribution in [-0.2, 0) is 0 Å². The first-order valence-electron chi connectivity index (χ1n) is 6.40. The van der Waals surface area contributed by atoms with E-state index in [2.05, 4.69) is 66.0 Å². The van der Waals surface area contributed by atoms with Crippen molar-refractivity contribution in [3.63, 3.8) is 0 Å². The van der Waals surface area contributed by atoms with E-state index in [1.165, 1.54) is 38.1 Å². The first-order chi connectivity index (χ1) is 9.49. The van der Waals surface area contributed by atoms with Crippen LogP contribution in [0.25, 0.3) is 21.3 Å². The Morgan fingerprint density at radius 1 is 1.15 bits per heavy atom. The molecule has 0 saturated heterocycles. The number of nitrogens with two attached hydrogens (primary N) is 1. The Hall–Kier alpha value is -1.39. The normalized spacial score (nSPS) is 11.2. The molecule has 0 spiro atoms. The van der Waals surface area contributed by atoms with Gasteiger partial charge in [-0.1, -0.05) is 45.5 Å². The number of rotatable bonds is 1. The lowest BCUT2D eigenvalue weighted by Crippen LogP contribution is -1.93. The monoisotopic (exact) mass is 346 g/mol. The molecule has 2 aromatic carbocycles. The first-order valence-corrected chi connectivity index (χ1v) is 8.01. The minimum Gasteiger partial charge on any atom is -0.375 e. The van der Waals surface area contributed by atoms with Crippen molar-refractivity contribution in [1.29, 1.82) is 0 Å². The van der Waals surface area contributed by atoms with Crippen molar-refractivity contribution in [3.8, 4) is 11.1 Å². The molecule has 3 aromatic rings. The number of para-hydroxylation sites is 1. The molecular formula is C16H15BrN2S. The Kier molecular flexibility index (Phi) is 3.30. The zero-order valence-corrected chi connectivity index (χ0v) is 14.0. The standard InChI is InChI=1S/C16H15BrN2S/c1-8-7-9(2)14(17)10(3)13(8)11-5-4-6-12-15(11)19-16(18)20-12/h4-7H,1-3H3,(H2,18,19). The number of nitrogen functional groups attached to an aromatic ring is 1. The van der Waals surface area contributed by atoms with Crippen LogP contribution in [-0.4, -0.2) is 4.98 Å². The van der Waals surface area contributed by atoms with Crippen LogP contribution in [0, 0.1) is 20.8 Å². The Morgan fingerprint density at radius 2 is 1.90 bits per heavy atom. The SMILES string of the molecule is Cc1cc(C)c(-c2cccc3sc(N)nc23)c(C)c1Br. The van der Waals surface area contributed by atoms with Gasteiger partial charge in [0.25, 0.3) is 0 Å². The summed E-state index contributed by atoms with van der Waals surface area (Å²) in [5, 5.41) is 0.619. The van der Waals surface area contributed by atoms with Crippen LogP contribution in [0.3, 0.4) is 0 Å². The van der Waals surface area contributed by atoms with Crippen molar-refractivity contribution in [3.05, 3.63) is 45.4 Å². The summed E-state index contributed by atoms with van der Waals surface area (Å²) >= 11 is 5.22. The van der Waals surface area contributed by atoms with Gasteiger partial charge in [-0.2, -0.15) is 0 Å². The lowest BCUT2D eigenvalue weighted by atomic mass is 9.93. The maximum absolute atomic E-state index is 5.87. The fourth-order valence-corrected chi connectivity index (χ4v) is 3.82. The molecule has 1 heterocycles. The molecule has 4 heteroatoms. The van der Waals surface area contributed by atoms with Gasteiger partial charge in [-0.05, 0) is 49.1 Å². The molecule has 0 bridgehead atoms. The second-order valence-corrected chi connectivity index (χ2v) is 6.88. The quantitative estimate of drug-likeness (QED) is 0.654. The number of anilines is 1. The molecule has 0 amide bonds. The molecule has 2 nitrogen and oxygen atoms in total. The van der Waals surface area contributed by atoms with E-state index in [4.69, 9.17) is 5.73 Å². The largest absolute Gasteiger partial charge is 0.375 e. The molecule has 20 heavy (non-hydrogen) atoms. The summed E-state index contributed by atoms with van der Waals surface area (Å²) < 4.78 is 2.30. The Morgan fingerprint density at radius 3 is 2.65 bits per heavy atom. The number of halogens is 1. The highest BCUT2D eigenvalue weighted by Gasteiger charge is 2.15. The van der Waals surface area contributed by atoms with Gasteiger partial charge in [0.2, 0.25) is 0 Å². The Balaban J connectivity index is 2.39. The molecule has 2 N–H and O–H groups in total. The fraction of sp³-hybridized carbons (Fsp3) is 0.188. The third-order valence-electron chi connectivity index (χ3n) is 3.58. The maximum atomic E-state index is 5.87. The van der Waals surface area contributed by atoms with Crippen LogP contribution in [0.2, 0.25) is 0 Å². The van der Waals surface area contributed by atoms with E-state index in [0.29, 0.717) is 5.13 Å². The van der Waals surface area contributed by atoms with Crippen molar-refractivity contribution < 1.29 is 0 Å². The lowest BCUT2D eigenvalue weighted by Gasteiger charge is -2.14. The predicted octanol–water partition coefficient (Wildman–Crippen LogP) is 5.23. The van der Waals surface area contributed by atoms with Crippen molar-refractivity contribution >= 4 is 42.6 Å². The Labute approximate surface area is 130 Å². The van der Waals surface area contributed by atoms with Crippen LogP contribution in [0.4, 0.5) is 5.13 Å². The fourth-order valence-electron chi connectivity index (χ4n) is 2.74. The summed E-state index contributed by atoms with van der Waals surface area (Å²) in [6.07, 6.45) is 0. The molecule has 3 rings (SSSR count). The molecule has 0 radical (unpaired) electrons. The molecule has 102 valence electrons. The van der Waals surface area contributed by atoms with Gasteiger partial charge in [-0.25, -0.2) is 4.98 Å². The second-order valence-electron chi connectivity index (χ2n) is 5.03. The minimum atomic E-state index is 0.619. The molecule has 1 aromatic heterocycles. The molecule has 0 aliphatic heterocycles. The number of hydrogen-bond donors (Lipinski definition) is 1. The van der Waals surface area contributed by atoms with E-state index < -0.39 is 0 Å². The number of hydrogen-bond acceptors (Lipinski definition) is 3. The second kappa shape index (κ2) is 4.86. The van der Waals surface area contributed by atoms with Gasteiger partial charge in [0.15, 0.2) is 5.13 Å². The van der Waals surface area contributed by atoms with E-state index in [1.807, 2.05) is 0 Å². The summed E-state index contributed by atoms with van der Waals surface area (Å²) in [5.74, 6) is 0. The average molecular weight is 347 g/mol. The molecule has 0 aliphatic carbocycles. The third kappa shape index (κ3) is 2.03. The molecule has 0 atom stereocenters. The van der Waals surface area contributed by atoms with Gasteiger partial charge in [0.05, 0.1) is 10.2 Å². The van der Waals surface area contributed by atoms with Gasteiger partial charge < -0.3 is 5.73 Å². The van der Waals surface area contributed by atoms with E-state index in [-0.39, 0.29) is 0 Å². The predicted molar refractivity (Wildman–Crippen MR) is 91.4 cm³/mol. The lowest BCUT2D eigenvalue weighted by molar-refractivity contribution is 1.29. The summed E-state index contributed by atoms with van der Waals surface area (Å²) in [4.78, 5) is 4.50. The van der Waals surface area contributed by atoms with Gasteiger partial charge >= 0.3 is 0 Å². The topological polar surface area (TPSA) is 38.9 Å². The molecule has 0 saturated carbocycles. The van der Waals surface area contributed by atoms with E-state index >= 15 is 0 Å². The zero-order valence-electron chi connectivity index (χ0n) is 11.6. The van der Waals surface area contributed by atoms with Crippen LogP contribution >= 0.6 is 27.3 Å². The number of nitrogens with zero attached hydrogens (tertiary/aromatic N) is 1. The third-order valence-corrected chi connectivity index (χ3v) is 5.65. The summed E-state index contributed by atoms with van der Waals surface area (Å²) in [7, 11) is 0. The minimum absolute atomic E-state index is 0.619. The summed E-state index contributed by atoms with van der Waals surface area (Å²) in [5.41, 5.74) is 13.0. The van der Waals surface area contributed by atoms with Gasteiger partial charge in [-0.15, -0.1) is 0 Å². The molecule has 0 unspecified atom stereocenters. The average Bonchev–Trinajstić information content (AvgIpc) is 2.77. The number of benzene rings is 2. The highest BCUT2D eigenvalue weighted by atomic mass is 79.9. The van der Waals surface area contributed by atoms with Gasteiger partial charge in [0, 0.05) is 10.0 Å². The highest BCUT2D eigenvalue weighted by Crippen LogP contribution is 2.39. The maximum Gasteiger partial charge on any atom is 0.181 e. The van der Waals surface area contributed by atoms with Gasteiger partial charge in [0.1, 0.15) is 0 Å². The van der Waals surface area contributed by atoms with Gasteiger partial charge in [-0.3, -0.25) is 0 Å². The van der Waals surface area contributed by atoms with Crippen LogP contribution in [0.1, 0.15) is 16.7 Å². The van der Waals surface area contributed by atoms with Crippen molar-refractivity contribution in [1.82, 2.24) is 4.98 Å². The van der Waals surface area contributed by atoms with Crippen molar-refractivity contribution in [2.75, 3.05) is 5.73 Å². The number of aryl methyl sites for hydroxylation is 2. The van der Waals surface area contributed by atoms with Crippen LogP contribution < -0.4 is 5.73 Å². The molecule has 0 fully saturated rings. The molecular weight excluding hydrogens is 332 g/mol. The van der Waals surface area contributed by atoms with Crippen LogP contribution in [0.5, 0.6) is 0 Å². The summed E-state index contributed by atoms with van der Waals surface area (Å²) in [6, 6.07) is 8.47. The summed E-state index contributed by atoms with van der Waals surface area (Å²) in [6.45, 7) is 6.42. The van der Waals surface area contributed by atoms with E-state index in [9.17, 15) is 0 Å². The highest BCUT2D eigenvalue weighted by molar-refractivity contribution is 9.10. The first kappa shape index (κ1) is 13.6. The van der Waals surface area contributed by atoms with E-state index in [1.54, 1.807) is 0 Å². The Bertz CT molecular complexity index is 821. The van der Waals surface area contributed by atoms with Crippen LogP contribution in [0.15, 0.2) is 28.7 Å².